The Morgan fingerprint density at radius 1 is 0.569 bits per heavy atom. The van der Waals surface area contributed by atoms with Gasteiger partial charge in [0.25, 0.3) is 0 Å². The van der Waals surface area contributed by atoms with E-state index in [1.165, 1.54) is 14.2 Å². The molecule has 7 rings (SSSR count). The van der Waals surface area contributed by atoms with Crippen molar-refractivity contribution < 1.29 is 57.0 Å². The van der Waals surface area contributed by atoms with Crippen molar-refractivity contribution >= 4 is 74.4 Å². The number of hydrogen-bond donors (Lipinski definition) is 2. The number of anilines is 2. The summed E-state index contributed by atoms with van der Waals surface area (Å²) in [5.41, 5.74) is 8.17. The fourth-order valence-electron chi connectivity index (χ4n) is 5.94. The number of methoxy groups -OCH3 is 4. The van der Waals surface area contributed by atoms with Crippen LogP contribution in [0.25, 0.3) is 21.8 Å². The topological polar surface area (TPSA) is 198 Å². The molecule has 65 heavy (non-hydrogen) atoms. The average molecular weight is 926 g/mol. The molecule has 18 heteroatoms. The van der Waals surface area contributed by atoms with E-state index in [-0.39, 0.29) is 29.4 Å². The lowest BCUT2D eigenvalue weighted by Gasteiger charge is -2.14. The first kappa shape index (κ1) is 47.1. The number of esters is 2. The van der Waals surface area contributed by atoms with Gasteiger partial charge in [-0.3, -0.25) is 15.3 Å². The van der Waals surface area contributed by atoms with Crippen LogP contribution in [-0.2, 0) is 18.9 Å². The maximum Gasteiger partial charge on any atom is 0.417 e. The largest absolute Gasteiger partial charge is 0.490 e. The Hall–Kier alpha value is -7.37. The first-order valence-electron chi connectivity index (χ1n) is 19.5. The highest BCUT2D eigenvalue weighted by Crippen LogP contribution is 2.37. The van der Waals surface area contributed by atoms with Gasteiger partial charge in [-0.2, -0.15) is 0 Å². The Morgan fingerprint density at radius 3 is 1.55 bits per heavy atom. The Kier molecular flexibility index (Phi) is 16.5. The molecule has 0 saturated carbocycles. The monoisotopic (exact) mass is 924 g/mol. The highest BCUT2D eigenvalue weighted by atomic mass is 35.5. The quantitative estimate of drug-likeness (QED) is 0.0527. The lowest BCUT2D eigenvalue weighted by molar-refractivity contribution is 0.0585. The molecule has 2 heterocycles. The normalized spacial score (nSPS) is 10.6. The fourth-order valence-corrected chi connectivity index (χ4v) is 6.33. The number of benzene rings is 5. The third kappa shape index (κ3) is 12.4. The van der Waals surface area contributed by atoms with Crippen molar-refractivity contribution in [1.29, 1.82) is 0 Å². The summed E-state index contributed by atoms with van der Waals surface area (Å²) < 4.78 is 48.4. The lowest BCUT2D eigenvalue weighted by Crippen LogP contribution is -2.16. The summed E-state index contributed by atoms with van der Waals surface area (Å²) in [5, 5.41) is 4.41. The minimum Gasteiger partial charge on any atom is -0.490 e. The van der Waals surface area contributed by atoms with Crippen molar-refractivity contribution in [3.05, 3.63) is 137 Å². The number of nitrogens with one attached hydrogen (secondary N) is 1. The molecule has 0 bridgehead atoms. The van der Waals surface area contributed by atoms with Gasteiger partial charge >= 0.3 is 18.0 Å². The number of rotatable bonds is 16. The molecule has 0 aliphatic heterocycles. The molecule has 0 fully saturated rings. The van der Waals surface area contributed by atoms with Crippen molar-refractivity contribution in [3.63, 3.8) is 0 Å². The number of amides is 1. The summed E-state index contributed by atoms with van der Waals surface area (Å²) in [4.78, 5) is 45.5. The Bertz CT molecular complexity index is 2800. The van der Waals surface area contributed by atoms with E-state index in [0.717, 1.165) is 0 Å². The number of carbonyl (C=O) groups excluding carboxylic acids is 3. The Balaban J connectivity index is 0.000000224. The zero-order valence-electron chi connectivity index (χ0n) is 35.4. The predicted molar refractivity (Wildman–Crippen MR) is 244 cm³/mol. The molecule has 7 aromatic rings. The highest BCUT2D eigenvalue weighted by Gasteiger charge is 2.20. The van der Waals surface area contributed by atoms with E-state index in [4.69, 9.17) is 71.6 Å². The van der Waals surface area contributed by atoms with Crippen LogP contribution in [0.15, 0.2) is 116 Å². The minimum absolute atomic E-state index is 0.221. The van der Waals surface area contributed by atoms with Gasteiger partial charge in [-0.25, -0.2) is 14.4 Å². The van der Waals surface area contributed by atoms with Gasteiger partial charge in [-0.15, -0.1) is 0 Å². The molecular weight excluding hydrogens is 883 g/mol. The second-order valence-electron chi connectivity index (χ2n) is 13.4. The number of nitrogens with two attached hydrogens (primary N) is 1. The molecule has 0 unspecified atom stereocenters. The van der Waals surface area contributed by atoms with Crippen LogP contribution in [0, 0.1) is 0 Å². The van der Waals surface area contributed by atoms with Crippen LogP contribution in [0.2, 0.25) is 10.0 Å². The van der Waals surface area contributed by atoms with Gasteiger partial charge in [0.2, 0.25) is 0 Å². The van der Waals surface area contributed by atoms with Crippen molar-refractivity contribution in [2.45, 2.75) is 0 Å². The third-order valence-corrected chi connectivity index (χ3v) is 9.71. The van der Waals surface area contributed by atoms with Crippen LogP contribution in [0.1, 0.15) is 20.7 Å². The van der Waals surface area contributed by atoms with Gasteiger partial charge in [-0.05, 0) is 60.7 Å². The molecule has 0 spiro atoms. The molecule has 3 N–H and O–H groups in total. The molecule has 16 nitrogen and oxygen atoms in total. The SMILES string of the molecule is COCCOc1cc2nccc(Oc3ccc(N)c(Cl)c3)c2cc1C(=O)OC.COCCOc1cc2nccc(Oc3ccc(NC(=O)Oc4ccccc4)c(Cl)c3)c2cc1C(=O)OC. The Labute approximate surface area is 382 Å². The fraction of sp³-hybridized carbons (Fsp3) is 0.170. The number of aromatic nitrogens is 2. The summed E-state index contributed by atoms with van der Waals surface area (Å²) in [6, 6.07) is 28.3. The molecule has 0 aliphatic rings. The number of ether oxygens (including phenoxy) is 9. The van der Waals surface area contributed by atoms with Gasteiger partial charge in [0, 0.05) is 61.7 Å². The number of carbonyl (C=O) groups is 3. The molecule has 0 aliphatic carbocycles. The molecule has 2 aromatic heterocycles. The summed E-state index contributed by atoms with van der Waals surface area (Å²) in [6.07, 6.45) is 2.50. The molecule has 0 saturated heterocycles. The van der Waals surface area contributed by atoms with Crippen LogP contribution in [0.3, 0.4) is 0 Å². The zero-order chi connectivity index (χ0) is 46.3. The molecule has 0 radical (unpaired) electrons. The van der Waals surface area contributed by atoms with E-state index in [9.17, 15) is 14.4 Å². The van der Waals surface area contributed by atoms with E-state index in [2.05, 4.69) is 15.3 Å². The zero-order valence-corrected chi connectivity index (χ0v) is 36.9. The predicted octanol–water partition coefficient (Wildman–Crippen LogP) is 10.2. The highest BCUT2D eigenvalue weighted by molar-refractivity contribution is 6.34. The number of nitrogen functional groups attached to an aromatic ring is 1. The smallest absolute Gasteiger partial charge is 0.417 e. The minimum atomic E-state index is -0.680. The standard InChI is InChI=1S/C27H23ClN2O7.C20H19ClN2O5/c1-33-12-13-35-25-16-23-19(15-20(25)26(31)34-2)24(10-11-29-23)36-18-8-9-22(21(28)14-18)30-27(32)37-17-6-4-3-5-7-17;1-25-7-8-27-19-11-17-13(10-14(19)20(24)26-2)18(5-6-23-17)28-12-3-4-16(22)15(21)9-12/h3-11,14-16H,12-13H2,1-2H3,(H,30,32);3-6,9-11H,7-8,22H2,1-2H3. The van der Waals surface area contributed by atoms with E-state index in [0.29, 0.717) is 91.7 Å². The van der Waals surface area contributed by atoms with Gasteiger partial charge in [0.15, 0.2) is 0 Å². The third-order valence-electron chi connectivity index (χ3n) is 9.07. The molecular formula is C47H42Cl2N4O12. The maximum absolute atomic E-state index is 12.4. The van der Waals surface area contributed by atoms with Gasteiger partial charge in [0.1, 0.15) is 64.6 Å². The average Bonchev–Trinajstić information content (AvgIpc) is 3.31. The van der Waals surface area contributed by atoms with Crippen LogP contribution >= 0.6 is 23.2 Å². The molecule has 1 amide bonds. The first-order chi connectivity index (χ1) is 31.5. The summed E-state index contributed by atoms with van der Waals surface area (Å²) in [5.74, 6) is 1.83. The summed E-state index contributed by atoms with van der Waals surface area (Å²) in [6.45, 7) is 1.27. The second kappa shape index (κ2) is 22.8. The number of fused-ring (bicyclic) bond motifs is 2. The summed E-state index contributed by atoms with van der Waals surface area (Å²) in [7, 11) is 5.73. The maximum atomic E-state index is 12.4. The van der Waals surface area contributed by atoms with Crippen LogP contribution in [0.5, 0.6) is 40.2 Å². The number of pyridine rings is 2. The van der Waals surface area contributed by atoms with E-state index in [1.807, 2.05) is 6.07 Å². The Morgan fingerprint density at radius 2 is 1.08 bits per heavy atom. The first-order valence-corrected chi connectivity index (χ1v) is 20.3. The van der Waals surface area contributed by atoms with E-state index < -0.39 is 18.0 Å². The molecule has 5 aromatic carbocycles. The van der Waals surface area contributed by atoms with Crippen LogP contribution < -0.4 is 34.7 Å². The molecule has 0 atom stereocenters. The van der Waals surface area contributed by atoms with Crippen LogP contribution in [0.4, 0.5) is 16.2 Å². The van der Waals surface area contributed by atoms with Crippen molar-refractivity contribution in [3.8, 4) is 40.2 Å². The second-order valence-corrected chi connectivity index (χ2v) is 14.2. The summed E-state index contributed by atoms with van der Waals surface area (Å²) >= 11 is 12.4. The van der Waals surface area contributed by atoms with Gasteiger partial charge < -0.3 is 48.4 Å². The lowest BCUT2D eigenvalue weighted by atomic mass is 10.1. The number of nitrogens with zero attached hydrogens (tertiary/aromatic N) is 2. The number of halogens is 2. The van der Waals surface area contributed by atoms with Crippen molar-refractivity contribution in [2.75, 3.05) is 65.9 Å². The van der Waals surface area contributed by atoms with E-state index >= 15 is 0 Å². The van der Waals surface area contributed by atoms with Crippen molar-refractivity contribution in [2.24, 2.45) is 0 Å². The van der Waals surface area contributed by atoms with Crippen molar-refractivity contribution in [1.82, 2.24) is 9.97 Å². The van der Waals surface area contributed by atoms with Gasteiger partial charge in [-0.1, -0.05) is 41.4 Å². The number of hydrogen-bond acceptors (Lipinski definition) is 15. The van der Waals surface area contributed by atoms with Gasteiger partial charge in [0.05, 0.1) is 59.9 Å². The van der Waals surface area contributed by atoms with E-state index in [1.54, 1.807) is 124 Å². The molecule has 336 valence electrons. The number of para-hydroxylation sites is 1. The van der Waals surface area contributed by atoms with Crippen LogP contribution in [-0.4, -0.2) is 82.9 Å².